The summed E-state index contributed by atoms with van der Waals surface area (Å²) in [4.78, 5) is 32.9. The number of aliphatic hydroxyl groups is 1. The normalized spacial score (nSPS) is 15.8. The lowest BCUT2D eigenvalue weighted by molar-refractivity contribution is -0.146. The lowest BCUT2D eigenvalue weighted by Crippen LogP contribution is -2.53. The molecule has 9 nitrogen and oxygen atoms in total. The SMILES string of the molecule is N#Cc1c(N2CCN(C(=O)C(=O)NCCCO)CC2)nc(-c2ccco2)c2c1CCCC2. The van der Waals surface area contributed by atoms with E-state index >= 15 is 0 Å². The number of anilines is 1. The largest absolute Gasteiger partial charge is 0.463 e. The van der Waals surface area contributed by atoms with E-state index < -0.39 is 11.8 Å². The Morgan fingerprint density at radius 2 is 1.94 bits per heavy atom. The molecule has 1 saturated heterocycles. The highest BCUT2D eigenvalue weighted by molar-refractivity contribution is 6.35. The fraction of sp³-hybridized carbons (Fsp3) is 0.478. The number of amides is 2. The minimum Gasteiger partial charge on any atom is -0.463 e. The van der Waals surface area contributed by atoms with Crippen molar-refractivity contribution in [2.24, 2.45) is 0 Å². The molecular formula is C23H27N5O4. The predicted octanol–water partition coefficient (Wildman–Crippen LogP) is 1.24. The first kappa shape index (κ1) is 21.8. The molecule has 2 amide bonds. The molecular weight excluding hydrogens is 410 g/mol. The third-order valence-corrected chi connectivity index (χ3v) is 6.04. The predicted molar refractivity (Wildman–Crippen MR) is 117 cm³/mol. The van der Waals surface area contributed by atoms with Crippen LogP contribution in [0.4, 0.5) is 5.82 Å². The van der Waals surface area contributed by atoms with E-state index in [1.807, 2.05) is 17.0 Å². The van der Waals surface area contributed by atoms with Gasteiger partial charge in [-0.2, -0.15) is 5.26 Å². The molecule has 1 aliphatic heterocycles. The number of aliphatic hydroxyl groups excluding tert-OH is 1. The van der Waals surface area contributed by atoms with Crippen molar-refractivity contribution in [3.8, 4) is 17.5 Å². The van der Waals surface area contributed by atoms with Crippen LogP contribution in [0.5, 0.6) is 0 Å². The quantitative estimate of drug-likeness (QED) is 0.533. The van der Waals surface area contributed by atoms with E-state index in [2.05, 4.69) is 11.4 Å². The second-order valence-electron chi connectivity index (χ2n) is 8.02. The van der Waals surface area contributed by atoms with Gasteiger partial charge in [0.25, 0.3) is 0 Å². The van der Waals surface area contributed by atoms with Crippen LogP contribution in [0.25, 0.3) is 11.5 Å². The van der Waals surface area contributed by atoms with E-state index in [0.717, 1.165) is 42.5 Å². The maximum absolute atomic E-state index is 12.4. The third kappa shape index (κ3) is 4.32. The van der Waals surface area contributed by atoms with E-state index in [1.165, 1.54) is 4.90 Å². The standard InChI is InChI=1S/C23H27N5O4/c24-15-18-16-5-1-2-6-17(16)20(19-7-3-14-32-19)26-21(18)27-9-11-28(12-10-27)23(31)22(30)25-8-4-13-29/h3,7,14,29H,1-2,4-6,8-13H2,(H,25,30). The van der Waals surface area contributed by atoms with Gasteiger partial charge in [0.2, 0.25) is 0 Å². The van der Waals surface area contributed by atoms with Gasteiger partial charge in [-0.05, 0) is 55.4 Å². The van der Waals surface area contributed by atoms with Gasteiger partial charge in [-0.25, -0.2) is 4.98 Å². The van der Waals surface area contributed by atoms with Crippen LogP contribution in [0, 0.1) is 11.3 Å². The molecule has 2 N–H and O–H groups in total. The summed E-state index contributed by atoms with van der Waals surface area (Å²) < 4.78 is 5.64. The maximum Gasteiger partial charge on any atom is 0.312 e. The number of pyridine rings is 1. The number of carbonyl (C=O) groups excluding carboxylic acids is 2. The zero-order valence-electron chi connectivity index (χ0n) is 18.0. The molecule has 0 unspecified atom stereocenters. The fourth-order valence-corrected chi connectivity index (χ4v) is 4.39. The van der Waals surface area contributed by atoms with Crippen LogP contribution in [-0.4, -0.2) is 66.1 Å². The Bertz CT molecular complexity index is 1020. The number of nitrogens with zero attached hydrogens (tertiary/aromatic N) is 4. The Balaban J connectivity index is 1.55. The molecule has 2 aliphatic rings. The average molecular weight is 438 g/mol. The number of rotatable bonds is 5. The first-order valence-electron chi connectivity index (χ1n) is 11.1. The number of aromatic nitrogens is 1. The molecule has 9 heteroatoms. The van der Waals surface area contributed by atoms with Crippen LogP contribution in [-0.2, 0) is 22.4 Å². The van der Waals surface area contributed by atoms with Gasteiger partial charge < -0.3 is 24.6 Å². The van der Waals surface area contributed by atoms with Crippen LogP contribution < -0.4 is 10.2 Å². The number of furan rings is 1. The first-order valence-corrected chi connectivity index (χ1v) is 11.1. The summed E-state index contributed by atoms with van der Waals surface area (Å²) in [5.41, 5.74) is 3.55. The second kappa shape index (κ2) is 9.83. The minimum atomic E-state index is -0.656. The fourth-order valence-electron chi connectivity index (χ4n) is 4.39. The second-order valence-corrected chi connectivity index (χ2v) is 8.02. The minimum absolute atomic E-state index is 0.0395. The number of fused-ring (bicyclic) bond motifs is 1. The molecule has 1 aliphatic carbocycles. The van der Waals surface area contributed by atoms with Gasteiger partial charge in [0.05, 0.1) is 11.8 Å². The third-order valence-electron chi connectivity index (χ3n) is 6.04. The lowest BCUT2D eigenvalue weighted by atomic mass is 9.87. The Labute approximate surface area is 186 Å². The van der Waals surface area contributed by atoms with Crippen molar-refractivity contribution in [2.45, 2.75) is 32.1 Å². The topological polar surface area (TPSA) is 123 Å². The Morgan fingerprint density at radius 1 is 1.19 bits per heavy atom. The van der Waals surface area contributed by atoms with Crippen molar-refractivity contribution >= 4 is 17.6 Å². The van der Waals surface area contributed by atoms with Crippen LogP contribution >= 0.6 is 0 Å². The molecule has 0 radical (unpaired) electrons. The zero-order chi connectivity index (χ0) is 22.5. The van der Waals surface area contributed by atoms with Gasteiger partial charge in [0, 0.05) is 39.3 Å². The highest BCUT2D eigenvalue weighted by Gasteiger charge is 2.30. The smallest absolute Gasteiger partial charge is 0.312 e. The molecule has 0 spiro atoms. The van der Waals surface area contributed by atoms with Crippen molar-refractivity contribution < 1.29 is 19.1 Å². The molecule has 2 aromatic heterocycles. The molecule has 1 fully saturated rings. The van der Waals surface area contributed by atoms with E-state index in [0.29, 0.717) is 49.7 Å². The van der Waals surface area contributed by atoms with Crippen molar-refractivity contribution in [2.75, 3.05) is 44.2 Å². The Hall–Kier alpha value is -3.38. The van der Waals surface area contributed by atoms with Crippen molar-refractivity contribution in [3.05, 3.63) is 35.1 Å². The molecule has 3 heterocycles. The summed E-state index contributed by atoms with van der Waals surface area (Å²) in [5.74, 6) is 0.0932. The van der Waals surface area contributed by atoms with Gasteiger partial charge in [-0.15, -0.1) is 0 Å². The summed E-state index contributed by atoms with van der Waals surface area (Å²) >= 11 is 0. The van der Waals surface area contributed by atoms with Crippen LogP contribution in [0.2, 0.25) is 0 Å². The maximum atomic E-state index is 12.4. The summed E-state index contributed by atoms with van der Waals surface area (Å²) in [6.45, 7) is 1.92. The molecule has 0 bridgehead atoms. The summed E-state index contributed by atoms with van der Waals surface area (Å²) in [6, 6.07) is 6.10. The van der Waals surface area contributed by atoms with Crippen LogP contribution in [0.1, 0.15) is 36.0 Å². The van der Waals surface area contributed by atoms with Crippen molar-refractivity contribution in [1.29, 1.82) is 5.26 Å². The van der Waals surface area contributed by atoms with Gasteiger partial charge in [-0.1, -0.05) is 0 Å². The lowest BCUT2D eigenvalue weighted by Gasteiger charge is -2.36. The molecule has 4 rings (SSSR count). The summed E-state index contributed by atoms with van der Waals surface area (Å²) in [7, 11) is 0. The number of hydrogen-bond acceptors (Lipinski definition) is 7. The van der Waals surface area contributed by atoms with E-state index in [1.54, 1.807) is 6.26 Å². The van der Waals surface area contributed by atoms with Crippen LogP contribution in [0.15, 0.2) is 22.8 Å². The highest BCUT2D eigenvalue weighted by atomic mass is 16.3. The van der Waals surface area contributed by atoms with Gasteiger partial charge in [0.1, 0.15) is 17.6 Å². The van der Waals surface area contributed by atoms with Crippen molar-refractivity contribution in [1.82, 2.24) is 15.2 Å². The van der Waals surface area contributed by atoms with Gasteiger partial charge in [-0.3, -0.25) is 9.59 Å². The summed E-state index contributed by atoms with van der Waals surface area (Å²) in [5, 5.41) is 21.3. The molecule has 0 saturated carbocycles. The van der Waals surface area contributed by atoms with Crippen molar-refractivity contribution in [3.63, 3.8) is 0 Å². The molecule has 32 heavy (non-hydrogen) atoms. The van der Waals surface area contributed by atoms with Crippen LogP contribution in [0.3, 0.4) is 0 Å². The average Bonchev–Trinajstić information content (AvgIpc) is 3.37. The molecule has 2 aromatic rings. The first-order chi connectivity index (χ1) is 15.6. The van der Waals surface area contributed by atoms with Gasteiger partial charge in [0.15, 0.2) is 5.76 Å². The number of piperazine rings is 1. The highest BCUT2D eigenvalue weighted by Crippen LogP contribution is 2.36. The molecule has 0 aromatic carbocycles. The number of hydrogen-bond donors (Lipinski definition) is 2. The monoisotopic (exact) mass is 437 g/mol. The number of nitriles is 1. The van der Waals surface area contributed by atoms with E-state index in [-0.39, 0.29) is 13.2 Å². The van der Waals surface area contributed by atoms with Gasteiger partial charge >= 0.3 is 11.8 Å². The number of nitrogens with one attached hydrogen (secondary N) is 1. The Kier molecular flexibility index (Phi) is 6.71. The molecule has 0 atom stereocenters. The Morgan fingerprint density at radius 3 is 2.59 bits per heavy atom. The molecule has 168 valence electrons. The summed E-state index contributed by atoms with van der Waals surface area (Å²) in [6.07, 6.45) is 5.85. The zero-order valence-corrected chi connectivity index (χ0v) is 18.0. The van der Waals surface area contributed by atoms with E-state index in [4.69, 9.17) is 14.5 Å². The van der Waals surface area contributed by atoms with E-state index in [9.17, 15) is 14.9 Å². The number of carbonyl (C=O) groups is 2.